The summed E-state index contributed by atoms with van der Waals surface area (Å²) in [6.07, 6.45) is -4.14. The summed E-state index contributed by atoms with van der Waals surface area (Å²) >= 11 is 0. The van der Waals surface area contributed by atoms with Crippen LogP contribution in [0.5, 0.6) is 0 Å². The Hall–Kier alpha value is -2.31. The van der Waals surface area contributed by atoms with Crippen molar-refractivity contribution >= 4 is 11.7 Å². The van der Waals surface area contributed by atoms with Gasteiger partial charge in [0, 0.05) is 5.56 Å². The molecule has 0 spiro atoms. The second-order valence-electron chi connectivity index (χ2n) is 4.33. The first kappa shape index (κ1) is 15.1. The summed E-state index contributed by atoms with van der Waals surface area (Å²) in [5.74, 6) is -3.63. The molecule has 0 aliphatic carbocycles. The highest BCUT2D eigenvalue weighted by Gasteiger charge is 2.38. The summed E-state index contributed by atoms with van der Waals surface area (Å²) in [6, 6.07) is 4.39. The molecule has 1 N–H and O–H groups in total. The molecule has 1 aliphatic rings. The average Bonchev–Trinajstić information content (AvgIpc) is 2.61. The Bertz CT molecular complexity index is 612. The van der Waals surface area contributed by atoms with E-state index in [1.165, 1.54) is 12.1 Å². The van der Waals surface area contributed by atoms with Crippen molar-refractivity contribution in [2.45, 2.75) is 19.0 Å². The van der Waals surface area contributed by atoms with Crippen molar-refractivity contribution in [3.8, 4) is 0 Å². The molecule has 0 unspecified atom stereocenters. The van der Waals surface area contributed by atoms with Crippen molar-refractivity contribution in [3.63, 3.8) is 0 Å². The number of carboxylic acid groups (broad SMARTS) is 1. The molecule has 1 heterocycles. The molecule has 112 valence electrons. The molecule has 0 bridgehead atoms. The Morgan fingerprint density at radius 2 is 1.81 bits per heavy atom. The van der Waals surface area contributed by atoms with Gasteiger partial charge in [-0.25, -0.2) is 9.18 Å². The fraction of sp³-hybridized carbons (Fsp3) is 0.214. The monoisotopic (exact) mass is 302 g/mol. The summed E-state index contributed by atoms with van der Waals surface area (Å²) in [6.45, 7) is 0. The molecule has 2 rings (SSSR count). The van der Waals surface area contributed by atoms with Crippen molar-refractivity contribution in [2.24, 2.45) is 0 Å². The summed E-state index contributed by atoms with van der Waals surface area (Å²) in [4.78, 5) is 11.2. The van der Waals surface area contributed by atoms with E-state index in [-0.39, 0.29) is 24.0 Å². The number of ether oxygens (including phenoxy) is 1. The van der Waals surface area contributed by atoms with Crippen molar-refractivity contribution in [1.29, 1.82) is 0 Å². The first-order valence-corrected chi connectivity index (χ1v) is 5.96. The number of rotatable bonds is 2. The van der Waals surface area contributed by atoms with Gasteiger partial charge in [-0.1, -0.05) is 0 Å². The number of allylic oxidation sites excluding steroid dienone is 2. The minimum absolute atomic E-state index is 0.0749. The van der Waals surface area contributed by atoms with Gasteiger partial charge in [0.05, 0.1) is 5.57 Å². The van der Waals surface area contributed by atoms with E-state index in [9.17, 15) is 22.4 Å². The van der Waals surface area contributed by atoms with Crippen LogP contribution in [-0.2, 0) is 9.53 Å². The molecule has 21 heavy (non-hydrogen) atoms. The minimum atomic E-state index is -4.72. The smallest absolute Gasteiger partial charge is 0.449 e. The molecular formula is C14H10F4O3. The van der Waals surface area contributed by atoms with Crippen LogP contribution in [0.2, 0.25) is 0 Å². The maximum atomic E-state index is 12.9. The number of benzene rings is 1. The molecule has 0 saturated heterocycles. The highest BCUT2D eigenvalue weighted by atomic mass is 19.4. The lowest BCUT2D eigenvalue weighted by molar-refractivity contribution is -0.133. The summed E-state index contributed by atoms with van der Waals surface area (Å²) in [7, 11) is 0. The number of halogens is 4. The molecule has 0 radical (unpaired) electrons. The van der Waals surface area contributed by atoms with E-state index >= 15 is 0 Å². The lowest BCUT2D eigenvalue weighted by Crippen LogP contribution is -2.15. The number of alkyl halides is 3. The molecule has 1 aliphatic heterocycles. The molecule has 0 fully saturated rings. The van der Waals surface area contributed by atoms with E-state index in [0.29, 0.717) is 0 Å². The third-order valence-corrected chi connectivity index (χ3v) is 2.85. The number of carboxylic acids is 1. The highest BCUT2D eigenvalue weighted by Crippen LogP contribution is 2.36. The van der Waals surface area contributed by atoms with Crippen LogP contribution in [0.15, 0.2) is 41.7 Å². The Labute approximate surface area is 117 Å². The Morgan fingerprint density at radius 3 is 2.33 bits per heavy atom. The topological polar surface area (TPSA) is 46.5 Å². The first-order chi connectivity index (χ1) is 9.79. The van der Waals surface area contributed by atoms with E-state index in [4.69, 9.17) is 9.84 Å². The zero-order valence-corrected chi connectivity index (χ0v) is 10.6. The van der Waals surface area contributed by atoms with Crippen LogP contribution in [-0.4, -0.2) is 17.3 Å². The number of hydrogen-bond acceptors (Lipinski definition) is 2. The van der Waals surface area contributed by atoms with Gasteiger partial charge < -0.3 is 9.84 Å². The van der Waals surface area contributed by atoms with Gasteiger partial charge in [-0.15, -0.1) is 0 Å². The normalized spacial score (nSPS) is 16.1. The molecule has 0 saturated carbocycles. The third-order valence-electron chi connectivity index (χ3n) is 2.85. The Morgan fingerprint density at radius 1 is 1.19 bits per heavy atom. The van der Waals surface area contributed by atoms with Gasteiger partial charge in [-0.2, -0.15) is 13.2 Å². The summed E-state index contributed by atoms with van der Waals surface area (Å²) < 4.78 is 56.0. The number of carbonyl (C=O) groups is 1. The fourth-order valence-corrected chi connectivity index (χ4v) is 1.89. The van der Waals surface area contributed by atoms with Crippen LogP contribution in [0.1, 0.15) is 18.4 Å². The van der Waals surface area contributed by atoms with Gasteiger partial charge in [0.25, 0.3) is 0 Å². The molecule has 7 heteroatoms. The lowest BCUT2D eigenvalue weighted by Gasteiger charge is -2.16. The predicted molar refractivity (Wildman–Crippen MR) is 65.4 cm³/mol. The van der Waals surface area contributed by atoms with Crippen LogP contribution in [0.3, 0.4) is 0 Å². The van der Waals surface area contributed by atoms with Crippen LogP contribution in [0.25, 0.3) is 5.76 Å². The van der Waals surface area contributed by atoms with Gasteiger partial charge in [-0.05, 0) is 43.2 Å². The van der Waals surface area contributed by atoms with Gasteiger partial charge in [0.1, 0.15) is 11.6 Å². The van der Waals surface area contributed by atoms with E-state index in [2.05, 4.69) is 0 Å². The van der Waals surface area contributed by atoms with Crippen molar-refractivity contribution in [1.82, 2.24) is 0 Å². The van der Waals surface area contributed by atoms with Crippen molar-refractivity contribution < 1.29 is 32.2 Å². The van der Waals surface area contributed by atoms with Crippen LogP contribution >= 0.6 is 0 Å². The Kier molecular flexibility index (Phi) is 4.02. The van der Waals surface area contributed by atoms with E-state index in [0.717, 1.165) is 18.2 Å². The molecule has 1 aromatic rings. The number of hydrogen-bond donors (Lipinski definition) is 1. The van der Waals surface area contributed by atoms with Gasteiger partial charge in [0.2, 0.25) is 5.76 Å². The predicted octanol–water partition coefficient (Wildman–Crippen LogP) is 3.88. The average molecular weight is 302 g/mol. The molecule has 0 atom stereocenters. The van der Waals surface area contributed by atoms with E-state index in [1.54, 1.807) is 0 Å². The number of aliphatic carboxylic acids is 1. The molecular weight excluding hydrogens is 292 g/mol. The largest absolute Gasteiger partial charge is 0.478 e. The van der Waals surface area contributed by atoms with Crippen molar-refractivity contribution in [3.05, 3.63) is 53.1 Å². The highest BCUT2D eigenvalue weighted by molar-refractivity contribution is 5.95. The summed E-state index contributed by atoms with van der Waals surface area (Å²) in [5.41, 5.74) is -0.206. The standard InChI is InChI=1S/C14H10F4O3/c15-9-6-4-8(5-7-9)12-10(13(19)20)2-1-3-11(21-12)14(16,17)18/h3-7H,1-2H2,(H,19,20). The van der Waals surface area contributed by atoms with Gasteiger partial charge in [-0.3, -0.25) is 0 Å². The van der Waals surface area contributed by atoms with E-state index in [1.807, 2.05) is 0 Å². The molecule has 1 aromatic carbocycles. The Balaban J connectivity index is 2.50. The second kappa shape index (κ2) is 5.59. The minimum Gasteiger partial charge on any atom is -0.478 e. The van der Waals surface area contributed by atoms with Crippen LogP contribution in [0.4, 0.5) is 17.6 Å². The van der Waals surface area contributed by atoms with Crippen LogP contribution < -0.4 is 0 Å². The second-order valence-corrected chi connectivity index (χ2v) is 4.33. The zero-order valence-electron chi connectivity index (χ0n) is 10.6. The van der Waals surface area contributed by atoms with Gasteiger partial charge >= 0.3 is 12.1 Å². The third kappa shape index (κ3) is 3.42. The quantitative estimate of drug-likeness (QED) is 0.843. The fourth-order valence-electron chi connectivity index (χ4n) is 1.89. The van der Waals surface area contributed by atoms with Crippen LogP contribution in [0, 0.1) is 5.82 Å². The lowest BCUT2D eigenvalue weighted by atomic mass is 10.0. The molecule has 3 nitrogen and oxygen atoms in total. The molecule has 0 aromatic heterocycles. The SMILES string of the molecule is O=C(O)C1=C(c2ccc(F)cc2)OC(C(F)(F)F)=CCC1. The summed E-state index contributed by atoms with van der Waals surface area (Å²) in [5, 5.41) is 9.12. The first-order valence-electron chi connectivity index (χ1n) is 5.96. The van der Waals surface area contributed by atoms with E-state index < -0.39 is 29.5 Å². The maximum Gasteiger partial charge on any atom is 0.449 e. The molecule has 0 amide bonds. The zero-order chi connectivity index (χ0) is 15.6. The van der Waals surface area contributed by atoms with Gasteiger partial charge in [0.15, 0.2) is 0 Å². The maximum absolute atomic E-state index is 12.9. The van der Waals surface area contributed by atoms with Crippen molar-refractivity contribution in [2.75, 3.05) is 0 Å².